The Balaban J connectivity index is 1.95. The maximum Gasteiger partial charge on any atom is 0.0245 e. The topological polar surface area (TPSA) is 15.3 Å². The van der Waals surface area contributed by atoms with Crippen LogP contribution in [0.2, 0.25) is 0 Å². The molecule has 112 valence electrons. The van der Waals surface area contributed by atoms with Crippen LogP contribution in [-0.4, -0.2) is 35.0 Å². The standard InChI is InChI=1S/C16H25BrN2S/c1-12(2)18-9-14-4-5-15(16(17)8-14)11-19-6-7-20-13(3)10-19/h4-5,8,12-13,18H,6-7,9-11H2,1-3H3. The van der Waals surface area contributed by atoms with Crippen molar-refractivity contribution in [2.75, 3.05) is 18.8 Å². The predicted molar refractivity (Wildman–Crippen MR) is 93.3 cm³/mol. The number of thioether (sulfide) groups is 1. The van der Waals surface area contributed by atoms with Crippen molar-refractivity contribution in [1.82, 2.24) is 10.2 Å². The first-order valence-corrected chi connectivity index (χ1v) is 9.23. The van der Waals surface area contributed by atoms with Crippen molar-refractivity contribution in [2.24, 2.45) is 0 Å². The lowest BCUT2D eigenvalue weighted by molar-refractivity contribution is 0.278. The second-order valence-electron chi connectivity index (χ2n) is 5.88. The molecular formula is C16H25BrN2S. The number of rotatable bonds is 5. The van der Waals surface area contributed by atoms with Crippen molar-refractivity contribution >= 4 is 27.7 Å². The summed E-state index contributed by atoms with van der Waals surface area (Å²) >= 11 is 5.82. The van der Waals surface area contributed by atoms with E-state index in [9.17, 15) is 0 Å². The largest absolute Gasteiger partial charge is 0.310 e. The lowest BCUT2D eigenvalue weighted by Gasteiger charge is -2.30. The zero-order chi connectivity index (χ0) is 14.5. The highest BCUT2D eigenvalue weighted by atomic mass is 79.9. The molecule has 1 N–H and O–H groups in total. The number of hydrogen-bond donors (Lipinski definition) is 1. The summed E-state index contributed by atoms with van der Waals surface area (Å²) in [7, 11) is 0. The van der Waals surface area contributed by atoms with Crippen molar-refractivity contribution in [3.05, 3.63) is 33.8 Å². The third-order valence-corrected chi connectivity index (χ3v) is 5.43. The van der Waals surface area contributed by atoms with Gasteiger partial charge in [0.2, 0.25) is 0 Å². The van der Waals surface area contributed by atoms with Crippen molar-refractivity contribution in [3.8, 4) is 0 Å². The highest BCUT2D eigenvalue weighted by molar-refractivity contribution is 9.10. The van der Waals surface area contributed by atoms with Gasteiger partial charge in [-0.3, -0.25) is 4.90 Å². The molecule has 0 spiro atoms. The molecular weight excluding hydrogens is 332 g/mol. The van der Waals surface area contributed by atoms with E-state index in [0.717, 1.165) is 18.3 Å². The fraction of sp³-hybridized carbons (Fsp3) is 0.625. The van der Waals surface area contributed by atoms with Gasteiger partial charge in [-0.2, -0.15) is 11.8 Å². The van der Waals surface area contributed by atoms with Crippen LogP contribution < -0.4 is 5.32 Å². The fourth-order valence-corrected chi connectivity index (χ4v) is 4.06. The van der Waals surface area contributed by atoms with Gasteiger partial charge in [0.25, 0.3) is 0 Å². The van der Waals surface area contributed by atoms with Crippen molar-refractivity contribution in [1.29, 1.82) is 0 Å². The van der Waals surface area contributed by atoms with E-state index in [4.69, 9.17) is 0 Å². The first kappa shape index (κ1) is 16.3. The van der Waals surface area contributed by atoms with Gasteiger partial charge in [-0.25, -0.2) is 0 Å². The Kier molecular flexibility index (Phi) is 6.40. The minimum Gasteiger partial charge on any atom is -0.310 e. The van der Waals surface area contributed by atoms with Gasteiger partial charge >= 0.3 is 0 Å². The van der Waals surface area contributed by atoms with Gasteiger partial charge in [-0.15, -0.1) is 0 Å². The average Bonchev–Trinajstić information content (AvgIpc) is 2.39. The first-order chi connectivity index (χ1) is 9.54. The molecule has 0 radical (unpaired) electrons. The van der Waals surface area contributed by atoms with Gasteiger partial charge in [-0.1, -0.05) is 48.8 Å². The summed E-state index contributed by atoms with van der Waals surface area (Å²) in [6, 6.07) is 7.30. The summed E-state index contributed by atoms with van der Waals surface area (Å²) in [5.41, 5.74) is 2.74. The molecule has 2 rings (SSSR count). The number of nitrogens with one attached hydrogen (secondary N) is 1. The van der Waals surface area contributed by atoms with Crippen LogP contribution in [0.5, 0.6) is 0 Å². The van der Waals surface area contributed by atoms with E-state index in [0.29, 0.717) is 6.04 Å². The molecule has 4 heteroatoms. The molecule has 0 saturated carbocycles. The van der Waals surface area contributed by atoms with Crippen LogP contribution in [0.3, 0.4) is 0 Å². The molecule has 1 heterocycles. The Hall–Kier alpha value is -0.0300. The fourth-order valence-electron chi connectivity index (χ4n) is 2.43. The molecule has 1 aromatic carbocycles. The molecule has 1 aromatic rings. The average molecular weight is 357 g/mol. The van der Waals surface area contributed by atoms with Gasteiger partial charge < -0.3 is 5.32 Å². The maximum atomic E-state index is 3.74. The Morgan fingerprint density at radius 1 is 1.45 bits per heavy atom. The number of benzene rings is 1. The first-order valence-electron chi connectivity index (χ1n) is 7.39. The van der Waals surface area contributed by atoms with Crippen LogP contribution in [0.1, 0.15) is 31.9 Å². The number of nitrogens with zero attached hydrogens (tertiary/aromatic N) is 1. The van der Waals surface area contributed by atoms with Crippen LogP contribution in [0.4, 0.5) is 0 Å². The summed E-state index contributed by atoms with van der Waals surface area (Å²) in [5.74, 6) is 1.26. The van der Waals surface area contributed by atoms with Crippen LogP contribution in [0.25, 0.3) is 0 Å². The molecule has 1 aliphatic rings. The van der Waals surface area contributed by atoms with Crippen LogP contribution in [0, 0.1) is 0 Å². The summed E-state index contributed by atoms with van der Waals surface area (Å²) in [4.78, 5) is 2.56. The smallest absolute Gasteiger partial charge is 0.0245 e. The van der Waals surface area contributed by atoms with E-state index in [1.54, 1.807) is 0 Å². The van der Waals surface area contributed by atoms with E-state index >= 15 is 0 Å². The number of halogens is 1. The van der Waals surface area contributed by atoms with E-state index in [1.807, 2.05) is 0 Å². The molecule has 0 bridgehead atoms. The normalized spacial score (nSPS) is 20.6. The van der Waals surface area contributed by atoms with Crippen molar-refractivity contribution < 1.29 is 0 Å². The zero-order valence-electron chi connectivity index (χ0n) is 12.7. The molecule has 1 fully saturated rings. The second-order valence-corrected chi connectivity index (χ2v) is 8.28. The summed E-state index contributed by atoms with van der Waals surface area (Å²) < 4.78 is 1.24. The Morgan fingerprint density at radius 2 is 2.25 bits per heavy atom. The van der Waals surface area contributed by atoms with Crippen LogP contribution >= 0.6 is 27.7 Å². The lowest BCUT2D eigenvalue weighted by atomic mass is 10.1. The van der Waals surface area contributed by atoms with Crippen molar-refractivity contribution in [2.45, 2.75) is 45.2 Å². The molecule has 0 aromatic heterocycles. The van der Waals surface area contributed by atoms with Gasteiger partial charge in [0.1, 0.15) is 0 Å². The van der Waals surface area contributed by atoms with E-state index in [-0.39, 0.29) is 0 Å². The second kappa shape index (κ2) is 7.83. The molecule has 1 unspecified atom stereocenters. The van der Waals surface area contributed by atoms with Gasteiger partial charge in [0, 0.05) is 47.7 Å². The van der Waals surface area contributed by atoms with Crippen molar-refractivity contribution in [3.63, 3.8) is 0 Å². The summed E-state index contributed by atoms with van der Waals surface area (Å²) in [5, 5.41) is 4.22. The quantitative estimate of drug-likeness (QED) is 0.861. The number of hydrogen-bond acceptors (Lipinski definition) is 3. The van der Waals surface area contributed by atoms with E-state index in [1.165, 1.54) is 34.4 Å². The zero-order valence-corrected chi connectivity index (χ0v) is 15.1. The molecule has 1 saturated heterocycles. The van der Waals surface area contributed by atoms with E-state index in [2.05, 4.69) is 76.9 Å². The highest BCUT2D eigenvalue weighted by Gasteiger charge is 2.17. The predicted octanol–water partition coefficient (Wildman–Crippen LogP) is 3.88. The Bertz CT molecular complexity index is 436. The SMILES string of the molecule is CC(C)NCc1ccc(CN2CCSC(C)C2)c(Br)c1. The monoisotopic (exact) mass is 356 g/mol. The van der Waals surface area contributed by atoms with Crippen LogP contribution in [-0.2, 0) is 13.1 Å². The molecule has 1 aliphatic heterocycles. The Labute approximate surface area is 135 Å². The minimum atomic E-state index is 0.529. The maximum absolute atomic E-state index is 3.74. The highest BCUT2D eigenvalue weighted by Crippen LogP contribution is 2.24. The summed E-state index contributed by atoms with van der Waals surface area (Å²) in [6.07, 6.45) is 0. The molecule has 0 amide bonds. The third-order valence-electron chi connectivity index (χ3n) is 3.55. The van der Waals surface area contributed by atoms with Crippen LogP contribution in [0.15, 0.2) is 22.7 Å². The minimum absolute atomic E-state index is 0.529. The molecule has 20 heavy (non-hydrogen) atoms. The lowest BCUT2D eigenvalue weighted by Crippen LogP contribution is -2.36. The Morgan fingerprint density at radius 3 is 2.90 bits per heavy atom. The van der Waals surface area contributed by atoms with Gasteiger partial charge in [0.15, 0.2) is 0 Å². The molecule has 2 nitrogen and oxygen atoms in total. The summed E-state index contributed by atoms with van der Waals surface area (Å²) in [6.45, 7) is 11.1. The molecule has 0 aliphatic carbocycles. The molecule has 1 atom stereocenters. The van der Waals surface area contributed by atoms with E-state index < -0.39 is 0 Å². The third kappa shape index (κ3) is 5.06. The van der Waals surface area contributed by atoms with Gasteiger partial charge in [-0.05, 0) is 17.2 Å². The van der Waals surface area contributed by atoms with Gasteiger partial charge in [0.05, 0.1) is 0 Å².